The Labute approximate surface area is 202 Å². The van der Waals surface area contributed by atoms with Crippen LogP contribution < -0.4 is 4.90 Å². The van der Waals surface area contributed by atoms with Gasteiger partial charge < -0.3 is 24.3 Å². The number of aliphatic hydroxyl groups is 1. The van der Waals surface area contributed by atoms with E-state index in [9.17, 15) is 5.11 Å². The van der Waals surface area contributed by atoms with E-state index in [1.807, 2.05) is 10.6 Å². The number of fused-ring (bicyclic) bond motifs is 2. The Balaban J connectivity index is 1.39. The molecule has 0 amide bonds. The van der Waals surface area contributed by atoms with Crippen molar-refractivity contribution in [3.05, 3.63) is 30.6 Å². The fraction of sp³-hybridized carbons (Fsp3) is 0.520. The molecule has 4 aromatic rings. The number of rotatable bonds is 4. The van der Waals surface area contributed by atoms with E-state index in [0.717, 1.165) is 32.4 Å². The Morgan fingerprint density at radius 1 is 1.17 bits per heavy atom. The largest absolute Gasteiger partial charge is 0.396 e. The Hall–Kier alpha value is -3.11. The number of benzene rings is 1. The van der Waals surface area contributed by atoms with Gasteiger partial charge >= 0.3 is 0 Å². The van der Waals surface area contributed by atoms with Crippen LogP contribution >= 0.6 is 0 Å². The molecular formula is C25H30FN7O2. The second-order valence-electron chi connectivity index (χ2n) is 9.98. The maximum atomic E-state index is 15.6. The number of halogens is 1. The number of imidazole rings is 2. The van der Waals surface area contributed by atoms with Crippen molar-refractivity contribution in [3.63, 3.8) is 0 Å². The van der Waals surface area contributed by atoms with E-state index in [-0.39, 0.29) is 30.5 Å². The highest BCUT2D eigenvalue weighted by Gasteiger charge is 2.28. The normalized spacial score (nSPS) is 25.5. The minimum absolute atomic E-state index is 0.0744. The van der Waals surface area contributed by atoms with Crippen LogP contribution in [0.5, 0.6) is 0 Å². The fourth-order valence-corrected chi connectivity index (χ4v) is 5.44. The number of hydrogen-bond donors (Lipinski definition) is 2. The van der Waals surface area contributed by atoms with E-state index in [1.165, 1.54) is 6.07 Å². The summed E-state index contributed by atoms with van der Waals surface area (Å²) in [5, 5.41) is 9.62. The van der Waals surface area contributed by atoms with Crippen LogP contribution in [-0.4, -0.2) is 67.0 Å². The molecule has 5 heterocycles. The zero-order valence-corrected chi connectivity index (χ0v) is 20.0. The average molecular weight is 480 g/mol. The summed E-state index contributed by atoms with van der Waals surface area (Å²) < 4.78 is 23.3. The molecule has 2 aliphatic heterocycles. The summed E-state index contributed by atoms with van der Waals surface area (Å²) in [7, 11) is 0. The van der Waals surface area contributed by atoms with Gasteiger partial charge in [-0.3, -0.25) is 0 Å². The average Bonchev–Trinajstić information content (AvgIpc) is 3.51. The first-order valence-corrected chi connectivity index (χ1v) is 12.4. The van der Waals surface area contributed by atoms with Gasteiger partial charge in [-0.15, -0.1) is 0 Å². The highest BCUT2D eigenvalue weighted by Crippen LogP contribution is 2.34. The van der Waals surface area contributed by atoms with Crippen LogP contribution in [0.15, 0.2) is 24.8 Å². The summed E-state index contributed by atoms with van der Waals surface area (Å²) >= 11 is 0. The molecule has 6 rings (SSSR count). The molecular weight excluding hydrogens is 449 g/mol. The second kappa shape index (κ2) is 8.83. The van der Waals surface area contributed by atoms with Crippen molar-refractivity contribution in [1.82, 2.24) is 29.5 Å². The van der Waals surface area contributed by atoms with Crippen LogP contribution in [0, 0.1) is 17.7 Å². The minimum atomic E-state index is -0.334. The van der Waals surface area contributed by atoms with E-state index in [4.69, 9.17) is 9.72 Å². The molecule has 9 nitrogen and oxygen atoms in total. The van der Waals surface area contributed by atoms with Crippen molar-refractivity contribution in [2.24, 2.45) is 11.8 Å². The highest BCUT2D eigenvalue weighted by atomic mass is 19.1. The first kappa shape index (κ1) is 22.4. The Kier molecular flexibility index (Phi) is 5.64. The lowest BCUT2D eigenvalue weighted by Crippen LogP contribution is -2.41. The molecule has 2 fully saturated rings. The second-order valence-corrected chi connectivity index (χ2v) is 9.98. The number of ether oxygens (including phenoxy) is 1. The number of hydrogen-bond acceptors (Lipinski definition) is 7. The predicted octanol–water partition coefficient (Wildman–Crippen LogP) is 3.70. The zero-order chi connectivity index (χ0) is 24.1. The molecule has 0 bridgehead atoms. The third-order valence-electron chi connectivity index (χ3n) is 7.64. The third kappa shape index (κ3) is 3.94. The molecule has 10 heteroatoms. The van der Waals surface area contributed by atoms with Gasteiger partial charge in [0.05, 0.1) is 36.9 Å². The number of aromatic amines is 1. The minimum Gasteiger partial charge on any atom is -0.396 e. The number of aliphatic hydroxyl groups excluding tert-OH is 1. The molecule has 2 N–H and O–H groups in total. The highest BCUT2D eigenvalue weighted by molar-refractivity contribution is 5.91. The van der Waals surface area contributed by atoms with Crippen molar-refractivity contribution in [3.8, 4) is 11.3 Å². The summed E-state index contributed by atoms with van der Waals surface area (Å²) in [5.41, 5.74) is 3.52. The maximum absolute atomic E-state index is 15.6. The van der Waals surface area contributed by atoms with E-state index >= 15 is 4.39 Å². The third-order valence-corrected chi connectivity index (χ3v) is 7.64. The monoisotopic (exact) mass is 479 g/mol. The summed E-state index contributed by atoms with van der Waals surface area (Å²) in [6.45, 7) is 6.46. The first-order chi connectivity index (χ1) is 17.0. The first-order valence-electron chi connectivity index (χ1n) is 12.4. The Bertz CT molecular complexity index is 1360. The molecule has 0 spiro atoms. The van der Waals surface area contributed by atoms with Gasteiger partial charge in [0.25, 0.3) is 0 Å². The quantitative estimate of drug-likeness (QED) is 0.460. The van der Waals surface area contributed by atoms with E-state index in [1.54, 1.807) is 12.7 Å². The fourth-order valence-electron chi connectivity index (χ4n) is 5.44. The number of H-pyrrole nitrogens is 1. The van der Waals surface area contributed by atoms with E-state index in [2.05, 4.69) is 38.7 Å². The van der Waals surface area contributed by atoms with Crippen LogP contribution in [0.25, 0.3) is 33.5 Å². The lowest BCUT2D eigenvalue weighted by atomic mass is 9.88. The molecule has 184 valence electrons. The van der Waals surface area contributed by atoms with Crippen molar-refractivity contribution in [2.45, 2.75) is 45.3 Å². The topological polar surface area (TPSA) is 105 Å². The van der Waals surface area contributed by atoms with Crippen LogP contribution in [0.1, 0.15) is 39.2 Å². The van der Waals surface area contributed by atoms with Gasteiger partial charge in [-0.05, 0) is 50.2 Å². The van der Waals surface area contributed by atoms with Gasteiger partial charge in [-0.1, -0.05) is 6.92 Å². The molecule has 35 heavy (non-hydrogen) atoms. The van der Waals surface area contributed by atoms with Crippen LogP contribution in [0.2, 0.25) is 0 Å². The lowest BCUT2D eigenvalue weighted by molar-refractivity contribution is 0.000143. The molecule has 3 aromatic heterocycles. The van der Waals surface area contributed by atoms with Crippen LogP contribution in [-0.2, 0) is 4.74 Å². The van der Waals surface area contributed by atoms with Gasteiger partial charge in [-0.2, -0.15) is 4.98 Å². The smallest absolute Gasteiger partial charge is 0.228 e. The molecule has 2 saturated heterocycles. The predicted molar refractivity (Wildman–Crippen MR) is 131 cm³/mol. The summed E-state index contributed by atoms with van der Waals surface area (Å²) in [6, 6.07) is 3.49. The number of anilines is 1. The van der Waals surface area contributed by atoms with Crippen molar-refractivity contribution in [1.29, 1.82) is 0 Å². The van der Waals surface area contributed by atoms with Crippen molar-refractivity contribution in [2.75, 3.05) is 31.2 Å². The zero-order valence-electron chi connectivity index (χ0n) is 20.0. The lowest BCUT2D eigenvalue weighted by Gasteiger charge is -2.36. The van der Waals surface area contributed by atoms with Gasteiger partial charge in [0.1, 0.15) is 22.5 Å². The molecule has 0 saturated carbocycles. The number of nitrogens with zero attached hydrogens (tertiary/aromatic N) is 6. The maximum Gasteiger partial charge on any atom is 0.228 e. The van der Waals surface area contributed by atoms with Crippen molar-refractivity contribution < 1.29 is 14.2 Å². The van der Waals surface area contributed by atoms with Gasteiger partial charge in [0, 0.05) is 25.3 Å². The standard InChI is InChI=1S/C25H30FN7O2/c1-14-9-32(6-5-16(14)10-34)25-30-21(22-24(31-25)28-12-27-22)17-7-19(26)23-20(8-17)29-13-33(23)18-4-3-15(2)35-11-18/h7-8,12-16,18,34H,3-6,9-11H2,1-2H3,(H,27,28,30,31). The van der Waals surface area contributed by atoms with Gasteiger partial charge in [-0.25, -0.2) is 19.3 Å². The summed E-state index contributed by atoms with van der Waals surface area (Å²) in [4.78, 5) is 23.7. The van der Waals surface area contributed by atoms with Crippen molar-refractivity contribution >= 4 is 28.1 Å². The number of aromatic nitrogens is 6. The SMILES string of the molecule is CC1CCC(n2cnc3cc(-c4nc(N5CCC(CO)C(C)C5)nc5nc[nH]c45)cc(F)c32)CO1. The Morgan fingerprint density at radius 3 is 2.83 bits per heavy atom. The molecule has 0 aliphatic carbocycles. The Morgan fingerprint density at radius 2 is 2.06 bits per heavy atom. The molecule has 4 unspecified atom stereocenters. The van der Waals surface area contributed by atoms with E-state index in [0.29, 0.717) is 51.9 Å². The summed E-state index contributed by atoms with van der Waals surface area (Å²) in [5.74, 6) is 0.839. The van der Waals surface area contributed by atoms with Gasteiger partial charge in [0.15, 0.2) is 5.65 Å². The van der Waals surface area contributed by atoms with E-state index < -0.39 is 0 Å². The number of piperidine rings is 1. The molecule has 0 radical (unpaired) electrons. The van der Waals surface area contributed by atoms with Gasteiger partial charge in [0.2, 0.25) is 5.95 Å². The van der Waals surface area contributed by atoms with Crippen LogP contribution in [0.3, 0.4) is 0 Å². The van der Waals surface area contributed by atoms with Crippen LogP contribution in [0.4, 0.5) is 10.3 Å². The molecule has 2 aliphatic rings. The molecule has 1 aromatic carbocycles. The number of nitrogens with one attached hydrogen (secondary N) is 1. The summed E-state index contributed by atoms with van der Waals surface area (Å²) in [6.07, 6.45) is 6.28. The molecule has 4 atom stereocenters.